The monoisotopic (exact) mass is 506 g/mol. The van der Waals surface area contributed by atoms with Gasteiger partial charge in [-0.1, -0.05) is 0 Å². The molecule has 0 aliphatic carbocycles. The number of nitrogens with zero attached hydrogens (tertiary/aromatic N) is 4. The van der Waals surface area contributed by atoms with E-state index in [0.717, 1.165) is 6.42 Å². The molecule has 0 saturated carbocycles. The van der Waals surface area contributed by atoms with Crippen LogP contribution in [0.5, 0.6) is 0 Å². The molecule has 0 atom stereocenters. The van der Waals surface area contributed by atoms with E-state index in [1.54, 1.807) is 0 Å². The zero-order valence-electron chi connectivity index (χ0n) is 20.9. The first-order chi connectivity index (χ1) is 17.6. The molecule has 0 saturated heterocycles. The van der Waals surface area contributed by atoms with E-state index in [-0.39, 0.29) is 24.3 Å². The Morgan fingerprint density at radius 3 is 1.94 bits per heavy atom. The molecule has 1 heterocycles. The smallest absolute Gasteiger partial charge is 0.253 e. The van der Waals surface area contributed by atoms with Crippen molar-refractivity contribution in [2.75, 3.05) is 98.5 Å². The third-order valence-electron chi connectivity index (χ3n) is 5.09. The second kappa shape index (κ2) is 21.4. The molecule has 0 bridgehead atoms. The number of rotatable bonds is 23. The average Bonchev–Trinajstić information content (AvgIpc) is 3.19. The molecule has 200 valence electrons. The molecule has 0 spiro atoms. The van der Waals surface area contributed by atoms with Crippen LogP contribution in [0.2, 0.25) is 0 Å². The van der Waals surface area contributed by atoms with Gasteiger partial charge in [-0.2, -0.15) is 0 Å². The Labute approximate surface area is 213 Å². The molecule has 12 nitrogen and oxygen atoms in total. The van der Waals surface area contributed by atoms with E-state index < -0.39 is 0 Å². The molecule has 0 aromatic carbocycles. The van der Waals surface area contributed by atoms with Crippen molar-refractivity contribution in [2.24, 2.45) is 0 Å². The Morgan fingerprint density at radius 2 is 1.39 bits per heavy atom. The number of nitrogens with one attached hydrogen (secondary N) is 2. The summed E-state index contributed by atoms with van der Waals surface area (Å²) in [6.45, 7) is 20.7. The number of unbranched alkanes of at least 4 members (excludes halogenated alkanes) is 1. The Balaban J connectivity index is 2.03. The number of carbonyl (C=O) groups excluding carboxylic acids is 3. The van der Waals surface area contributed by atoms with E-state index in [4.69, 9.17) is 27.4 Å². The van der Waals surface area contributed by atoms with Gasteiger partial charge in [0.25, 0.3) is 11.8 Å². The van der Waals surface area contributed by atoms with Crippen molar-refractivity contribution >= 4 is 17.7 Å². The highest BCUT2D eigenvalue weighted by Crippen LogP contribution is 2.04. The Morgan fingerprint density at radius 1 is 0.833 bits per heavy atom. The lowest BCUT2D eigenvalue weighted by molar-refractivity contribution is -0.136. The molecule has 1 rings (SSSR count). The quantitative estimate of drug-likeness (QED) is 0.109. The Kier molecular flexibility index (Phi) is 18.5. The van der Waals surface area contributed by atoms with Gasteiger partial charge in [-0.3, -0.25) is 24.2 Å². The maximum Gasteiger partial charge on any atom is 0.253 e. The SMILES string of the molecule is [C-]#[N+]CCOCCN(CCOCC[N+]#[C-])CCOCCNC(=O)CNCCCCN1C(=O)C=CC1=O. The van der Waals surface area contributed by atoms with Crippen LogP contribution in [0.15, 0.2) is 12.2 Å². The van der Waals surface area contributed by atoms with Crippen LogP contribution in [0.25, 0.3) is 9.69 Å². The van der Waals surface area contributed by atoms with Gasteiger partial charge in [0.1, 0.15) is 13.2 Å². The van der Waals surface area contributed by atoms with Gasteiger partial charge in [0.2, 0.25) is 19.0 Å². The van der Waals surface area contributed by atoms with E-state index in [1.807, 2.05) is 0 Å². The number of imide groups is 1. The van der Waals surface area contributed by atoms with Crippen molar-refractivity contribution in [3.05, 3.63) is 35.0 Å². The molecule has 0 fully saturated rings. The predicted octanol–water partition coefficient (Wildman–Crippen LogP) is -0.412. The first kappa shape index (κ1) is 31.2. The van der Waals surface area contributed by atoms with Crippen molar-refractivity contribution in [1.82, 2.24) is 20.4 Å². The van der Waals surface area contributed by atoms with Crippen LogP contribution in [0.1, 0.15) is 12.8 Å². The summed E-state index contributed by atoms with van der Waals surface area (Å²) in [7, 11) is 0. The fourth-order valence-corrected chi connectivity index (χ4v) is 3.14. The molecule has 3 amide bonds. The molecule has 1 aliphatic rings. The molecule has 1 aliphatic heterocycles. The van der Waals surface area contributed by atoms with Gasteiger partial charge in [-0.15, -0.1) is 0 Å². The minimum absolute atomic E-state index is 0.123. The summed E-state index contributed by atoms with van der Waals surface area (Å²) in [6, 6.07) is 0. The van der Waals surface area contributed by atoms with Gasteiger partial charge in [0.15, 0.2) is 0 Å². The van der Waals surface area contributed by atoms with Crippen molar-refractivity contribution in [1.29, 1.82) is 0 Å². The van der Waals surface area contributed by atoms with Crippen LogP contribution in [-0.4, -0.2) is 126 Å². The number of hydrogen-bond donors (Lipinski definition) is 2. The van der Waals surface area contributed by atoms with Crippen molar-refractivity contribution in [2.45, 2.75) is 12.8 Å². The standard InChI is InChI=1S/C24H38N6O6/c1-25-8-15-34-18-12-29(13-19-35-16-9-26-2)14-20-36-17-10-28-22(31)21-27-7-3-4-11-30-23(32)5-6-24(30)33/h5-6,27H,3-4,7-21H2,(H,28,31). The predicted molar refractivity (Wildman–Crippen MR) is 133 cm³/mol. The summed E-state index contributed by atoms with van der Waals surface area (Å²) >= 11 is 0. The molecule has 36 heavy (non-hydrogen) atoms. The average molecular weight is 507 g/mol. The highest BCUT2D eigenvalue weighted by atomic mass is 16.5. The van der Waals surface area contributed by atoms with Gasteiger partial charge in [-0.05, 0) is 19.4 Å². The number of carbonyl (C=O) groups is 3. The molecule has 0 aromatic rings. The van der Waals surface area contributed by atoms with Gasteiger partial charge in [0.05, 0.1) is 33.0 Å². The molecule has 2 N–H and O–H groups in total. The lowest BCUT2D eigenvalue weighted by atomic mass is 10.3. The van der Waals surface area contributed by atoms with Crippen LogP contribution in [-0.2, 0) is 28.6 Å². The number of hydrogen-bond acceptors (Lipinski definition) is 8. The normalized spacial score (nSPS) is 12.8. The van der Waals surface area contributed by atoms with Gasteiger partial charge < -0.3 is 34.5 Å². The van der Waals surface area contributed by atoms with E-state index in [2.05, 4.69) is 25.2 Å². The number of ether oxygens (including phenoxy) is 3. The van der Waals surface area contributed by atoms with Gasteiger partial charge in [0, 0.05) is 44.9 Å². The molecule has 0 radical (unpaired) electrons. The summed E-state index contributed by atoms with van der Waals surface area (Å²) < 4.78 is 16.5. The van der Waals surface area contributed by atoms with E-state index in [1.165, 1.54) is 17.1 Å². The van der Waals surface area contributed by atoms with Crippen LogP contribution >= 0.6 is 0 Å². The Bertz CT molecular complexity index is 721. The molecular formula is C24H38N6O6. The maximum atomic E-state index is 11.9. The lowest BCUT2D eigenvalue weighted by Crippen LogP contribution is -2.37. The minimum atomic E-state index is -0.272. The highest BCUT2D eigenvalue weighted by Gasteiger charge is 2.22. The second-order valence-electron chi connectivity index (χ2n) is 7.84. The van der Waals surface area contributed by atoms with E-state index in [0.29, 0.717) is 98.4 Å². The first-order valence-electron chi connectivity index (χ1n) is 12.2. The van der Waals surface area contributed by atoms with E-state index in [9.17, 15) is 14.4 Å². The maximum absolute atomic E-state index is 11.9. The first-order valence-corrected chi connectivity index (χ1v) is 12.2. The summed E-state index contributed by atoms with van der Waals surface area (Å²) in [6.07, 6.45) is 3.98. The highest BCUT2D eigenvalue weighted by molar-refractivity contribution is 6.12. The van der Waals surface area contributed by atoms with Crippen LogP contribution in [0.4, 0.5) is 0 Å². The topological polar surface area (TPSA) is 118 Å². The molecule has 0 aromatic heterocycles. The van der Waals surface area contributed by atoms with Crippen molar-refractivity contribution in [3.63, 3.8) is 0 Å². The summed E-state index contributed by atoms with van der Waals surface area (Å²) in [5, 5.41) is 5.84. The summed E-state index contributed by atoms with van der Waals surface area (Å²) in [5.41, 5.74) is 0. The molecule has 12 heteroatoms. The number of amides is 3. The molecular weight excluding hydrogens is 468 g/mol. The van der Waals surface area contributed by atoms with Crippen LogP contribution < -0.4 is 10.6 Å². The largest absolute Gasteiger partial charge is 0.378 e. The van der Waals surface area contributed by atoms with Crippen molar-refractivity contribution < 1.29 is 28.6 Å². The van der Waals surface area contributed by atoms with Crippen molar-refractivity contribution in [3.8, 4) is 0 Å². The van der Waals surface area contributed by atoms with Crippen LogP contribution in [0.3, 0.4) is 0 Å². The second-order valence-corrected chi connectivity index (χ2v) is 7.84. The fraction of sp³-hybridized carbons (Fsp3) is 0.708. The Hall–Kier alpha value is -2.87. The third-order valence-corrected chi connectivity index (χ3v) is 5.09. The van der Waals surface area contributed by atoms with E-state index >= 15 is 0 Å². The zero-order valence-corrected chi connectivity index (χ0v) is 20.9. The summed E-state index contributed by atoms with van der Waals surface area (Å²) in [4.78, 5) is 44.7. The minimum Gasteiger partial charge on any atom is -0.378 e. The lowest BCUT2D eigenvalue weighted by Gasteiger charge is -2.21. The summed E-state index contributed by atoms with van der Waals surface area (Å²) in [5.74, 6) is -0.667. The van der Waals surface area contributed by atoms with Gasteiger partial charge in [-0.25, -0.2) is 13.1 Å². The third kappa shape index (κ3) is 15.9. The van der Waals surface area contributed by atoms with Gasteiger partial charge >= 0.3 is 0 Å². The fourth-order valence-electron chi connectivity index (χ4n) is 3.14. The van der Waals surface area contributed by atoms with Crippen LogP contribution in [0, 0.1) is 13.1 Å². The zero-order chi connectivity index (χ0) is 26.3. The molecule has 0 unspecified atom stereocenters.